The van der Waals surface area contributed by atoms with Crippen LogP contribution in [-0.2, 0) is 11.3 Å². The molecule has 2 aromatic rings. The van der Waals surface area contributed by atoms with Gasteiger partial charge in [-0.2, -0.15) is 0 Å². The molecule has 0 radical (unpaired) electrons. The van der Waals surface area contributed by atoms with Crippen LogP contribution in [0, 0.1) is 0 Å². The van der Waals surface area contributed by atoms with Gasteiger partial charge in [0.05, 0.1) is 34.0 Å². The van der Waals surface area contributed by atoms with Crippen LogP contribution in [0.4, 0.5) is 0 Å². The summed E-state index contributed by atoms with van der Waals surface area (Å²) in [4.78, 5) is 19.9. The maximum Gasteiger partial charge on any atom is 0.261 e. The van der Waals surface area contributed by atoms with Gasteiger partial charge in [0, 0.05) is 52.4 Å². The van der Waals surface area contributed by atoms with Gasteiger partial charge in [-0.3, -0.25) is 14.6 Å². The van der Waals surface area contributed by atoms with E-state index in [-0.39, 0.29) is 12.0 Å². The van der Waals surface area contributed by atoms with Crippen molar-refractivity contribution in [2.24, 2.45) is 0 Å². The van der Waals surface area contributed by atoms with Crippen LogP contribution in [0.5, 0.6) is 17.2 Å². The van der Waals surface area contributed by atoms with Crippen molar-refractivity contribution < 1.29 is 23.7 Å². The van der Waals surface area contributed by atoms with Gasteiger partial charge in [-0.1, -0.05) is 18.2 Å². The SMILES string of the molecule is COc1cccc(CN2CCO[C@@H](CN3CCN(C(=O)c4c(OC)cccc4OC)CC3)C2)c1. The van der Waals surface area contributed by atoms with E-state index in [1.807, 2.05) is 23.1 Å². The summed E-state index contributed by atoms with van der Waals surface area (Å²) in [6, 6.07) is 13.7. The van der Waals surface area contributed by atoms with Crippen LogP contribution in [-0.4, -0.2) is 100 Å². The van der Waals surface area contributed by atoms with Crippen molar-refractivity contribution in [3.8, 4) is 17.2 Å². The smallest absolute Gasteiger partial charge is 0.261 e. The lowest BCUT2D eigenvalue weighted by Gasteiger charge is -2.39. The van der Waals surface area contributed by atoms with Gasteiger partial charge in [0.1, 0.15) is 22.8 Å². The number of hydrogen-bond acceptors (Lipinski definition) is 7. The Bertz CT molecular complexity index is 939. The molecule has 4 rings (SSSR count). The summed E-state index contributed by atoms with van der Waals surface area (Å²) in [6.45, 7) is 7.29. The van der Waals surface area contributed by atoms with Gasteiger partial charge in [0.25, 0.3) is 5.91 Å². The van der Waals surface area contributed by atoms with Crippen LogP contribution in [0.1, 0.15) is 15.9 Å². The molecule has 0 aromatic heterocycles. The third kappa shape index (κ3) is 5.81. The van der Waals surface area contributed by atoms with E-state index in [1.165, 1.54) is 5.56 Å². The minimum Gasteiger partial charge on any atom is -0.497 e. The number of amides is 1. The molecule has 0 spiro atoms. The van der Waals surface area contributed by atoms with Crippen molar-refractivity contribution in [3.05, 3.63) is 53.6 Å². The molecule has 0 saturated carbocycles. The van der Waals surface area contributed by atoms with Gasteiger partial charge in [0.2, 0.25) is 0 Å². The van der Waals surface area contributed by atoms with Gasteiger partial charge in [-0.15, -0.1) is 0 Å². The number of piperazine rings is 1. The molecule has 1 amide bonds. The van der Waals surface area contributed by atoms with E-state index in [0.717, 1.165) is 51.6 Å². The van der Waals surface area contributed by atoms with Crippen molar-refractivity contribution in [1.29, 1.82) is 0 Å². The summed E-state index contributed by atoms with van der Waals surface area (Å²) in [5, 5.41) is 0. The number of carbonyl (C=O) groups excluding carboxylic acids is 1. The van der Waals surface area contributed by atoms with Crippen LogP contribution in [0.25, 0.3) is 0 Å². The molecule has 2 fully saturated rings. The molecule has 2 heterocycles. The first-order chi connectivity index (χ1) is 16.6. The lowest BCUT2D eigenvalue weighted by Crippen LogP contribution is -2.53. The fourth-order valence-electron chi connectivity index (χ4n) is 4.71. The predicted octanol–water partition coefficient (Wildman–Crippen LogP) is 2.37. The number of rotatable bonds is 8. The summed E-state index contributed by atoms with van der Waals surface area (Å²) in [5.74, 6) is 1.92. The van der Waals surface area contributed by atoms with Gasteiger partial charge in [0.15, 0.2) is 0 Å². The molecule has 0 aliphatic carbocycles. The molecule has 184 valence electrons. The molecule has 2 aliphatic rings. The van der Waals surface area contributed by atoms with E-state index in [1.54, 1.807) is 33.5 Å². The monoisotopic (exact) mass is 469 g/mol. The molecule has 34 heavy (non-hydrogen) atoms. The highest BCUT2D eigenvalue weighted by molar-refractivity contribution is 5.99. The van der Waals surface area contributed by atoms with E-state index in [0.29, 0.717) is 30.2 Å². The molecule has 0 unspecified atom stereocenters. The van der Waals surface area contributed by atoms with Crippen LogP contribution in [0.15, 0.2) is 42.5 Å². The highest BCUT2D eigenvalue weighted by Crippen LogP contribution is 2.30. The molecular formula is C26H35N3O5. The summed E-state index contributed by atoms with van der Waals surface area (Å²) in [7, 11) is 4.85. The fraction of sp³-hybridized carbons (Fsp3) is 0.500. The van der Waals surface area contributed by atoms with Crippen molar-refractivity contribution >= 4 is 5.91 Å². The first kappa shape index (κ1) is 24.3. The number of nitrogens with zero attached hydrogens (tertiary/aromatic N) is 3. The predicted molar refractivity (Wildman–Crippen MR) is 130 cm³/mol. The molecule has 0 N–H and O–H groups in total. The highest BCUT2D eigenvalue weighted by atomic mass is 16.5. The van der Waals surface area contributed by atoms with E-state index in [4.69, 9.17) is 18.9 Å². The normalized spacial score (nSPS) is 19.6. The first-order valence-electron chi connectivity index (χ1n) is 11.8. The zero-order valence-corrected chi connectivity index (χ0v) is 20.4. The average molecular weight is 470 g/mol. The van der Waals surface area contributed by atoms with E-state index in [9.17, 15) is 4.79 Å². The van der Waals surface area contributed by atoms with Crippen LogP contribution < -0.4 is 14.2 Å². The quantitative estimate of drug-likeness (QED) is 0.588. The Morgan fingerprint density at radius 3 is 2.29 bits per heavy atom. The number of methoxy groups -OCH3 is 3. The van der Waals surface area contributed by atoms with Gasteiger partial charge in [-0.25, -0.2) is 0 Å². The molecule has 2 aromatic carbocycles. The van der Waals surface area contributed by atoms with Crippen molar-refractivity contribution in [3.63, 3.8) is 0 Å². The molecule has 1 atom stereocenters. The Morgan fingerprint density at radius 2 is 1.62 bits per heavy atom. The number of ether oxygens (including phenoxy) is 4. The topological polar surface area (TPSA) is 63.7 Å². The summed E-state index contributed by atoms with van der Waals surface area (Å²) < 4.78 is 22.3. The number of carbonyl (C=O) groups is 1. The van der Waals surface area contributed by atoms with Gasteiger partial charge >= 0.3 is 0 Å². The summed E-state index contributed by atoms with van der Waals surface area (Å²) >= 11 is 0. The maximum absolute atomic E-state index is 13.2. The lowest BCUT2D eigenvalue weighted by molar-refractivity contribution is -0.0497. The Labute approximate surface area is 201 Å². The third-order valence-corrected chi connectivity index (χ3v) is 6.53. The average Bonchev–Trinajstić information content (AvgIpc) is 2.88. The van der Waals surface area contributed by atoms with Crippen LogP contribution in [0.3, 0.4) is 0 Å². The molecule has 2 saturated heterocycles. The Kier molecular flexibility index (Phi) is 8.26. The maximum atomic E-state index is 13.2. The van der Waals surface area contributed by atoms with Crippen LogP contribution >= 0.6 is 0 Å². The Balaban J connectivity index is 1.29. The lowest BCUT2D eigenvalue weighted by atomic mass is 10.1. The Hall–Kier alpha value is -2.81. The second-order valence-corrected chi connectivity index (χ2v) is 8.71. The van der Waals surface area contributed by atoms with Crippen LogP contribution in [0.2, 0.25) is 0 Å². The largest absolute Gasteiger partial charge is 0.497 e. The van der Waals surface area contributed by atoms with E-state index < -0.39 is 0 Å². The van der Waals surface area contributed by atoms with Gasteiger partial charge < -0.3 is 23.8 Å². The molecule has 8 heteroatoms. The zero-order chi connectivity index (χ0) is 23.9. The minimum absolute atomic E-state index is 0.0488. The fourth-order valence-corrected chi connectivity index (χ4v) is 4.71. The van der Waals surface area contributed by atoms with Crippen molar-refractivity contribution in [2.75, 3.05) is 73.7 Å². The molecular weight excluding hydrogens is 434 g/mol. The minimum atomic E-state index is -0.0488. The standard InChI is InChI=1S/C26H35N3O5/c1-31-21-7-4-6-20(16-21)17-28-14-15-34-22(19-28)18-27-10-12-29(13-11-27)26(30)25-23(32-2)8-5-9-24(25)33-3/h4-9,16,22H,10-15,17-19H2,1-3H3/t22-/m0/s1. The highest BCUT2D eigenvalue weighted by Gasteiger charge is 2.29. The van der Waals surface area contributed by atoms with Gasteiger partial charge in [-0.05, 0) is 29.8 Å². The van der Waals surface area contributed by atoms with E-state index >= 15 is 0 Å². The summed E-state index contributed by atoms with van der Waals surface area (Å²) in [6.07, 6.45) is 0.163. The summed E-state index contributed by atoms with van der Waals surface area (Å²) in [5.41, 5.74) is 1.74. The molecule has 8 nitrogen and oxygen atoms in total. The first-order valence-corrected chi connectivity index (χ1v) is 11.8. The number of hydrogen-bond donors (Lipinski definition) is 0. The molecule has 0 bridgehead atoms. The number of morpholine rings is 1. The third-order valence-electron chi connectivity index (χ3n) is 6.53. The van der Waals surface area contributed by atoms with Crippen molar-refractivity contribution in [1.82, 2.24) is 14.7 Å². The second-order valence-electron chi connectivity index (χ2n) is 8.71. The molecule has 2 aliphatic heterocycles. The van der Waals surface area contributed by atoms with Crippen molar-refractivity contribution in [2.45, 2.75) is 12.6 Å². The second kappa shape index (κ2) is 11.6. The number of benzene rings is 2. The zero-order valence-electron chi connectivity index (χ0n) is 20.4. The Morgan fingerprint density at radius 1 is 0.912 bits per heavy atom. The van der Waals surface area contributed by atoms with E-state index in [2.05, 4.69) is 21.9 Å².